The smallest absolute Gasteiger partial charge is 0.0671 e. The van der Waals surface area contributed by atoms with Crippen LogP contribution in [-0.2, 0) is 11.2 Å². The Morgan fingerprint density at radius 3 is 2.69 bits per heavy atom. The number of hydrogen-bond donors (Lipinski definition) is 1. The van der Waals surface area contributed by atoms with E-state index in [4.69, 9.17) is 4.74 Å². The molecule has 1 aromatic carbocycles. The van der Waals surface area contributed by atoms with Crippen molar-refractivity contribution in [3.63, 3.8) is 0 Å². The lowest BCUT2D eigenvalue weighted by Gasteiger charge is -2.12. The quantitative estimate of drug-likeness (QED) is 0.681. The lowest BCUT2D eigenvalue weighted by molar-refractivity contribution is 0.0762. The second-order valence-electron chi connectivity index (χ2n) is 4.06. The van der Waals surface area contributed by atoms with E-state index in [2.05, 4.69) is 42.6 Å². The zero-order valence-corrected chi connectivity index (χ0v) is 10.4. The molecule has 2 heteroatoms. The van der Waals surface area contributed by atoms with E-state index in [0.29, 0.717) is 6.10 Å². The Balaban J connectivity index is 2.00. The minimum atomic E-state index is 0.321. The number of hydrogen-bond acceptors (Lipinski definition) is 2. The molecule has 1 N–H and O–H groups in total. The van der Waals surface area contributed by atoms with Crippen molar-refractivity contribution in [1.29, 1.82) is 0 Å². The molecule has 0 bridgehead atoms. The zero-order chi connectivity index (χ0) is 11.6. The predicted molar refractivity (Wildman–Crippen MR) is 68.7 cm³/mol. The molecule has 0 heterocycles. The first kappa shape index (κ1) is 13.2. The molecule has 1 atom stereocenters. The summed E-state index contributed by atoms with van der Waals surface area (Å²) in [7, 11) is 0. The highest BCUT2D eigenvalue weighted by molar-refractivity contribution is 5.14. The molecule has 0 aliphatic rings. The van der Waals surface area contributed by atoms with Crippen molar-refractivity contribution in [2.75, 3.05) is 19.7 Å². The molecule has 0 fully saturated rings. The molecule has 90 valence electrons. The van der Waals surface area contributed by atoms with Crippen LogP contribution >= 0.6 is 0 Å². The van der Waals surface area contributed by atoms with Gasteiger partial charge in [0.2, 0.25) is 0 Å². The van der Waals surface area contributed by atoms with Gasteiger partial charge < -0.3 is 10.1 Å². The summed E-state index contributed by atoms with van der Waals surface area (Å²) in [6.07, 6.45) is 2.65. The van der Waals surface area contributed by atoms with Crippen LogP contribution < -0.4 is 5.32 Å². The average molecular weight is 221 g/mol. The molecular formula is C14H23NO. The maximum atomic E-state index is 5.44. The van der Waals surface area contributed by atoms with Gasteiger partial charge in [-0.15, -0.1) is 0 Å². The molecule has 2 nitrogen and oxygen atoms in total. The summed E-state index contributed by atoms with van der Waals surface area (Å²) < 4.78 is 5.44. The lowest BCUT2D eigenvalue weighted by Crippen LogP contribution is -2.27. The highest BCUT2D eigenvalue weighted by Gasteiger charge is 1.99. The Bertz CT molecular complexity index is 261. The molecule has 0 radical (unpaired) electrons. The van der Waals surface area contributed by atoms with Gasteiger partial charge in [0, 0.05) is 13.2 Å². The van der Waals surface area contributed by atoms with E-state index in [9.17, 15) is 0 Å². The number of benzene rings is 1. The number of nitrogens with one attached hydrogen (secondary N) is 1. The molecule has 0 aliphatic heterocycles. The van der Waals surface area contributed by atoms with Gasteiger partial charge in [-0.2, -0.15) is 0 Å². The Hall–Kier alpha value is -0.860. The summed E-state index contributed by atoms with van der Waals surface area (Å²) in [6.45, 7) is 6.95. The molecule has 0 spiro atoms. The summed E-state index contributed by atoms with van der Waals surface area (Å²) in [5, 5.41) is 3.42. The molecule has 1 rings (SSSR count). The standard InChI is InChI=1S/C14H23NO/c1-3-16-13(2)12-15-11-7-10-14-8-5-4-6-9-14/h4-6,8-9,13,15H,3,7,10-12H2,1-2H3. The van der Waals surface area contributed by atoms with E-state index in [1.165, 1.54) is 12.0 Å². The number of ether oxygens (including phenoxy) is 1. The normalized spacial score (nSPS) is 12.6. The number of rotatable bonds is 8. The minimum absolute atomic E-state index is 0.321. The third-order valence-electron chi connectivity index (χ3n) is 2.54. The van der Waals surface area contributed by atoms with Gasteiger partial charge in [-0.25, -0.2) is 0 Å². The van der Waals surface area contributed by atoms with Crippen molar-refractivity contribution >= 4 is 0 Å². The van der Waals surface area contributed by atoms with Crippen LogP contribution in [-0.4, -0.2) is 25.8 Å². The highest BCUT2D eigenvalue weighted by Crippen LogP contribution is 2.01. The first-order valence-corrected chi connectivity index (χ1v) is 6.19. The van der Waals surface area contributed by atoms with E-state index in [-0.39, 0.29) is 0 Å². The molecule has 1 aromatic rings. The van der Waals surface area contributed by atoms with E-state index in [0.717, 1.165) is 26.1 Å². The SMILES string of the molecule is CCOC(C)CNCCCc1ccccc1. The summed E-state index contributed by atoms with van der Waals surface area (Å²) in [5.74, 6) is 0. The van der Waals surface area contributed by atoms with Crippen LogP contribution in [0.1, 0.15) is 25.8 Å². The van der Waals surface area contributed by atoms with Crippen LogP contribution in [0.25, 0.3) is 0 Å². The van der Waals surface area contributed by atoms with Gasteiger partial charge >= 0.3 is 0 Å². The first-order chi connectivity index (χ1) is 7.83. The van der Waals surface area contributed by atoms with E-state index in [1.54, 1.807) is 0 Å². The van der Waals surface area contributed by atoms with Crippen LogP contribution in [0.4, 0.5) is 0 Å². The van der Waals surface area contributed by atoms with Gasteiger partial charge in [-0.05, 0) is 38.8 Å². The van der Waals surface area contributed by atoms with E-state index >= 15 is 0 Å². The summed E-state index contributed by atoms with van der Waals surface area (Å²) in [6, 6.07) is 10.6. The lowest BCUT2D eigenvalue weighted by atomic mass is 10.1. The largest absolute Gasteiger partial charge is 0.377 e. The molecule has 1 unspecified atom stereocenters. The molecule has 0 aliphatic carbocycles. The third kappa shape index (κ3) is 5.89. The second-order valence-corrected chi connectivity index (χ2v) is 4.06. The van der Waals surface area contributed by atoms with Gasteiger partial charge in [0.15, 0.2) is 0 Å². The topological polar surface area (TPSA) is 21.3 Å². The Morgan fingerprint density at radius 1 is 1.25 bits per heavy atom. The maximum Gasteiger partial charge on any atom is 0.0671 e. The molecule has 16 heavy (non-hydrogen) atoms. The summed E-state index contributed by atoms with van der Waals surface area (Å²) in [5.41, 5.74) is 1.42. The van der Waals surface area contributed by atoms with Crippen molar-refractivity contribution in [2.24, 2.45) is 0 Å². The fourth-order valence-corrected chi connectivity index (χ4v) is 1.71. The van der Waals surface area contributed by atoms with Crippen molar-refractivity contribution in [3.8, 4) is 0 Å². The molecular weight excluding hydrogens is 198 g/mol. The Kier molecular flexibility index (Phi) is 6.86. The summed E-state index contributed by atoms with van der Waals surface area (Å²) >= 11 is 0. The van der Waals surface area contributed by atoms with Gasteiger partial charge in [-0.3, -0.25) is 0 Å². The van der Waals surface area contributed by atoms with E-state index in [1.807, 2.05) is 6.92 Å². The molecule has 0 saturated heterocycles. The van der Waals surface area contributed by atoms with Crippen LogP contribution in [0.2, 0.25) is 0 Å². The second kappa shape index (κ2) is 8.31. The van der Waals surface area contributed by atoms with Crippen LogP contribution in [0, 0.1) is 0 Å². The highest BCUT2D eigenvalue weighted by atomic mass is 16.5. The fourth-order valence-electron chi connectivity index (χ4n) is 1.71. The van der Waals surface area contributed by atoms with Gasteiger partial charge in [0.1, 0.15) is 0 Å². The molecule has 0 aromatic heterocycles. The average Bonchev–Trinajstić information content (AvgIpc) is 2.30. The predicted octanol–water partition coefficient (Wildman–Crippen LogP) is 2.63. The van der Waals surface area contributed by atoms with E-state index < -0.39 is 0 Å². The maximum absolute atomic E-state index is 5.44. The Labute approximate surface area is 99.0 Å². The number of aryl methyl sites for hydroxylation is 1. The Morgan fingerprint density at radius 2 is 2.00 bits per heavy atom. The van der Waals surface area contributed by atoms with Crippen molar-refractivity contribution in [2.45, 2.75) is 32.8 Å². The van der Waals surface area contributed by atoms with Gasteiger partial charge in [0.05, 0.1) is 6.10 Å². The van der Waals surface area contributed by atoms with Crippen molar-refractivity contribution in [1.82, 2.24) is 5.32 Å². The third-order valence-corrected chi connectivity index (χ3v) is 2.54. The monoisotopic (exact) mass is 221 g/mol. The zero-order valence-electron chi connectivity index (χ0n) is 10.4. The van der Waals surface area contributed by atoms with Crippen LogP contribution in [0.5, 0.6) is 0 Å². The fraction of sp³-hybridized carbons (Fsp3) is 0.571. The minimum Gasteiger partial charge on any atom is -0.377 e. The van der Waals surface area contributed by atoms with Crippen molar-refractivity contribution in [3.05, 3.63) is 35.9 Å². The first-order valence-electron chi connectivity index (χ1n) is 6.19. The van der Waals surface area contributed by atoms with Crippen molar-refractivity contribution < 1.29 is 4.74 Å². The van der Waals surface area contributed by atoms with Crippen LogP contribution in [0.15, 0.2) is 30.3 Å². The summed E-state index contributed by atoms with van der Waals surface area (Å²) in [4.78, 5) is 0. The molecule has 0 saturated carbocycles. The van der Waals surface area contributed by atoms with Crippen LogP contribution in [0.3, 0.4) is 0 Å². The van der Waals surface area contributed by atoms with Gasteiger partial charge in [0.25, 0.3) is 0 Å². The van der Waals surface area contributed by atoms with Gasteiger partial charge in [-0.1, -0.05) is 30.3 Å². The molecule has 0 amide bonds.